The molecular formula is C29H22ClNO4S. The third kappa shape index (κ3) is 4.96. The van der Waals surface area contributed by atoms with E-state index in [4.69, 9.17) is 21.1 Å². The molecule has 0 spiro atoms. The summed E-state index contributed by atoms with van der Waals surface area (Å²) in [4.78, 5) is 27.6. The van der Waals surface area contributed by atoms with Crippen LogP contribution in [0.15, 0.2) is 89.8 Å². The van der Waals surface area contributed by atoms with Crippen LogP contribution in [0.5, 0.6) is 11.5 Å². The zero-order valence-corrected chi connectivity index (χ0v) is 21.0. The predicted octanol–water partition coefficient (Wildman–Crippen LogP) is 7.32. The van der Waals surface area contributed by atoms with E-state index in [2.05, 4.69) is 0 Å². The minimum Gasteiger partial charge on any atom is -0.493 e. The number of halogens is 1. The van der Waals surface area contributed by atoms with E-state index in [1.165, 1.54) is 4.90 Å². The van der Waals surface area contributed by atoms with Gasteiger partial charge in [0.2, 0.25) is 0 Å². The summed E-state index contributed by atoms with van der Waals surface area (Å²) in [6, 6.07) is 26.7. The molecule has 5 rings (SSSR count). The first-order valence-corrected chi connectivity index (χ1v) is 12.5. The van der Waals surface area contributed by atoms with Crippen LogP contribution < -0.4 is 9.47 Å². The van der Waals surface area contributed by atoms with E-state index in [0.29, 0.717) is 21.4 Å². The zero-order valence-electron chi connectivity index (χ0n) is 19.4. The van der Waals surface area contributed by atoms with Crippen LogP contribution in [-0.4, -0.2) is 23.2 Å². The van der Waals surface area contributed by atoms with Crippen LogP contribution in [0.2, 0.25) is 5.02 Å². The Balaban J connectivity index is 1.37. The van der Waals surface area contributed by atoms with Gasteiger partial charge in [-0.25, -0.2) is 0 Å². The van der Waals surface area contributed by atoms with Gasteiger partial charge < -0.3 is 9.47 Å². The first kappa shape index (κ1) is 24.0. The number of nitrogens with zero attached hydrogens (tertiary/aromatic N) is 1. The lowest BCUT2D eigenvalue weighted by molar-refractivity contribution is -0.123. The molecule has 0 N–H and O–H groups in total. The molecule has 0 aromatic heterocycles. The van der Waals surface area contributed by atoms with Gasteiger partial charge in [-0.1, -0.05) is 78.3 Å². The Morgan fingerprint density at radius 2 is 1.64 bits per heavy atom. The number of benzene rings is 4. The van der Waals surface area contributed by atoms with E-state index in [-0.39, 0.29) is 24.3 Å². The van der Waals surface area contributed by atoms with Crippen LogP contribution in [0.25, 0.3) is 16.8 Å². The summed E-state index contributed by atoms with van der Waals surface area (Å²) in [5, 5.41) is 2.42. The summed E-state index contributed by atoms with van der Waals surface area (Å²) in [6.07, 6.45) is 1.70. The minimum atomic E-state index is -0.313. The van der Waals surface area contributed by atoms with E-state index < -0.39 is 0 Å². The number of hydrogen-bond acceptors (Lipinski definition) is 5. The van der Waals surface area contributed by atoms with Gasteiger partial charge >= 0.3 is 0 Å². The lowest BCUT2D eigenvalue weighted by Crippen LogP contribution is -2.27. The highest BCUT2D eigenvalue weighted by Crippen LogP contribution is 2.36. The summed E-state index contributed by atoms with van der Waals surface area (Å²) in [5.74, 6) is 0.761. The minimum absolute atomic E-state index is 0.220. The largest absolute Gasteiger partial charge is 0.493 e. The number of amides is 2. The summed E-state index contributed by atoms with van der Waals surface area (Å²) >= 11 is 7.18. The van der Waals surface area contributed by atoms with Gasteiger partial charge in [0.15, 0.2) is 11.5 Å². The third-order valence-electron chi connectivity index (χ3n) is 5.91. The molecule has 4 aromatic rings. The van der Waals surface area contributed by atoms with Crippen molar-refractivity contribution < 1.29 is 19.1 Å². The van der Waals surface area contributed by atoms with E-state index >= 15 is 0 Å². The molecule has 1 saturated heterocycles. The van der Waals surface area contributed by atoms with E-state index in [0.717, 1.165) is 39.2 Å². The van der Waals surface area contributed by atoms with Crippen LogP contribution in [0, 0.1) is 0 Å². The Hall–Kier alpha value is -3.74. The van der Waals surface area contributed by atoms with Crippen molar-refractivity contribution in [2.24, 2.45) is 0 Å². The fourth-order valence-corrected chi connectivity index (χ4v) is 5.08. The molecule has 5 nitrogen and oxygen atoms in total. The topological polar surface area (TPSA) is 55.8 Å². The monoisotopic (exact) mass is 515 g/mol. The Kier molecular flexibility index (Phi) is 6.98. The first-order valence-electron chi connectivity index (χ1n) is 11.3. The molecule has 2 amide bonds. The predicted molar refractivity (Wildman–Crippen MR) is 144 cm³/mol. The Bertz CT molecular complexity index is 1490. The lowest BCUT2D eigenvalue weighted by atomic mass is 10.0. The van der Waals surface area contributed by atoms with Crippen molar-refractivity contribution in [3.8, 4) is 11.5 Å². The molecule has 1 aliphatic rings. The van der Waals surface area contributed by atoms with Crippen molar-refractivity contribution >= 4 is 51.4 Å². The van der Waals surface area contributed by atoms with Gasteiger partial charge in [-0.2, -0.15) is 0 Å². The number of methoxy groups -OCH3 is 1. The lowest BCUT2D eigenvalue weighted by Gasteiger charge is -2.14. The van der Waals surface area contributed by atoms with Gasteiger partial charge in [0, 0.05) is 10.6 Å². The number of fused-ring (bicyclic) bond motifs is 1. The average molecular weight is 516 g/mol. The van der Waals surface area contributed by atoms with Crippen LogP contribution >= 0.6 is 23.4 Å². The van der Waals surface area contributed by atoms with Gasteiger partial charge in [-0.15, -0.1) is 0 Å². The number of thioether (sulfide) groups is 1. The first-order chi connectivity index (χ1) is 17.5. The highest BCUT2D eigenvalue weighted by atomic mass is 35.5. The second-order valence-electron chi connectivity index (χ2n) is 8.20. The highest BCUT2D eigenvalue weighted by Gasteiger charge is 2.35. The molecule has 1 aliphatic heterocycles. The molecule has 0 unspecified atom stereocenters. The van der Waals surface area contributed by atoms with E-state index in [9.17, 15) is 9.59 Å². The Morgan fingerprint density at radius 3 is 2.47 bits per heavy atom. The number of rotatable bonds is 7. The van der Waals surface area contributed by atoms with Gasteiger partial charge in [0.05, 0.1) is 18.6 Å². The Labute approximate surface area is 218 Å². The van der Waals surface area contributed by atoms with E-state index in [1.807, 2.05) is 72.8 Å². The smallest absolute Gasteiger partial charge is 0.293 e. The van der Waals surface area contributed by atoms with Crippen molar-refractivity contribution in [3.05, 3.63) is 112 Å². The molecule has 0 atom stereocenters. The summed E-state index contributed by atoms with van der Waals surface area (Å²) in [5.41, 5.74) is 2.50. The maximum Gasteiger partial charge on any atom is 0.293 e. The van der Waals surface area contributed by atoms with Crippen molar-refractivity contribution in [1.29, 1.82) is 0 Å². The SMILES string of the molecule is COc1ccc(/C=C2\SC(=O)N(Cc3cccc4ccccc34)C2=O)cc1OCc1ccccc1Cl. The van der Waals surface area contributed by atoms with Gasteiger partial charge in [-0.3, -0.25) is 14.5 Å². The molecule has 0 bridgehead atoms. The molecule has 1 heterocycles. The second kappa shape index (κ2) is 10.5. The van der Waals surface area contributed by atoms with Crippen LogP contribution in [-0.2, 0) is 17.9 Å². The maximum absolute atomic E-state index is 13.2. The molecule has 4 aromatic carbocycles. The van der Waals surface area contributed by atoms with Gasteiger partial charge in [0.1, 0.15) is 6.61 Å². The van der Waals surface area contributed by atoms with Crippen LogP contribution in [0.1, 0.15) is 16.7 Å². The highest BCUT2D eigenvalue weighted by molar-refractivity contribution is 8.18. The zero-order chi connectivity index (χ0) is 25.1. The molecule has 0 aliphatic carbocycles. The summed E-state index contributed by atoms with van der Waals surface area (Å²) in [6.45, 7) is 0.485. The standard InChI is InChI=1S/C29H22ClNO4S/c1-34-25-14-13-19(15-26(25)35-18-22-8-3-5-12-24(22)30)16-27-28(32)31(29(33)36-27)17-21-10-6-9-20-7-2-4-11-23(20)21/h2-16H,17-18H2,1H3/b27-16-. The Morgan fingerprint density at radius 1 is 0.889 bits per heavy atom. The van der Waals surface area contributed by atoms with Gasteiger partial charge in [-0.05, 0) is 57.9 Å². The molecule has 36 heavy (non-hydrogen) atoms. The summed E-state index contributed by atoms with van der Waals surface area (Å²) < 4.78 is 11.4. The molecular weight excluding hydrogens is 494 g/mol. The second-order valence-corrected chi connectivity index (χ2v) is 9.60. The van der Waals surface area contributed by atoms with Crippen LogP contribution in [0.3, 0.4) is 0 Å². The average Bonchev–Trinajstić information content (AvgIpc) is 3.15. The molecule has 1 fully saturated rings. The normalized spacial score (nSPS) is 14.6. The number of hydrogen-bond donors (Lipinski definition) is 0. The molecule has 180 valence electrons. The van der Waals surface area contributed by atoms with Crippen molar-refractivity contribution in [2.45, 2.75) is 13.2 Å². The number of carbonyl (C=O) groups excluding carboxylic acids is 2. The molecule has 0 saturated carbocycles. The fraction of sp³-hybridized carbons (Fsp3) is 0.103. The van der Waals surface area contributed by atoms with Crippen molar-refractivity contribution in [2.75, 3.05) is 7.11 Å². The molecule has 0 radical (unpaired) electrons. The third-order valence-corrected chi connectivity index (χ3v) is 7.18. The van der Waals surface area contributed by atoms with Crippen molar-refractivity contribution in [3.63, 3.8) is 0 Å². The van der Waals surface area contributed by atoms with Gasteiger partial charge in [0.25, 0.3) is 11.1 Å². The summed E-state index contributed by atoms with van der Waals surface area (Å²) in [7, 11) is 1.57. The fourth-order valence-electron chi connectivity index (χ4n) is 4.06. The van der Waals surface area contributed by atoms with Crippen molar-refractivity contribution in [1.82, 2.24) is 4.90 Å². The maximum atomic E-state index is 13.2. The molecule has 7 heteroatoms. The van der Waals surface area contributed by atoms with Crippen LogP contribution in [0.4, 0.5) is 4.79 Å². The quantitative estimate of drug-likeness (QED) is 0.241. The number of carbonyl (C=O) groups is 2. The number of imide groups is 1. The number of ether oxygens (including phenoxy) is 2. The van der Waals surface area contributed by atoms with E-state index in [1.54, 1.807) is 25.3 Å².